The minimum Gasteiger partial charge on any atom is -0.485 e. The highest BCUT2D eigenvalue weighted by Crippen LogP contribution is 2.42. The standard InChI is InChI=1S/C29H33NO3/c1-3-17-30(18-4-2)29(31)27-25-16-15-24(25)19-26(32-20-22-11-7-5-8-12-22)28(27)33-21-23-13-9-6-10-14-23/h5-14,19H,3-4,15-18,20-21H2,1-2H3. The van der Waals surface area contributed by atoms with Crippen LogP contribution in [0.25, 0.3) is 0 Å². The first kappa shape index (κ1) is 22.9. The summed E-state index contributed by atoms with van der Waals surface area (Å²) in [5.74, 6) is 1.29. The highest BCUT2D eigenvalue weighted by Gasteiger charge is 2.31. The molecule has 0 aromatic heterocycles. The van der Waals surface area contributed by atoms with Gasteiger partial charge in [0, 0.05) is 13.1 Å². The van der Waals surface area contributed by atoms with Crippen molar-refractivity contribution in [3.8, 4) is 11.5 Å². The Bertz CT molecular complexity index is 1060. The molecule has 0 bridgehead atoms. The molecule has 3 aromatic rings. The molecule has 33 heavy (non-hydrogen) atoms. The second-order valence-corrected chi connectivity index (χ2v) is 8.56. The molecule has 0 saturated carbocycles. The number of hydrogen-bond donors (Lipinski definition) is 0. The van der Waals surface area contributed by atoms with Gasteiger partial charge in [0.15, 0.2) is 11.5 Å². The summed E-state index contributed by atoms with van der Waals surface area (Å²) >= 11 is 0. The maximum atomic E-state index is 13.8. The normalized spacial score (nSPS) is 11.9. The Labute approximate surface area is 197 Å². The monoisotopic (exact) mass is 443 g/mol. The SMILES string of the molecule is CCCN(CCC)C(=O)c1c2c(cc(OCc3ccccc3)c1OCc1ccccc1)CC2. The molecule has 0 N–H and O–H groups in total. The Balaban J connectivity index is 1.71. The van der Waals surface area contributed by atoms with Crippen molar-refractivity contribution in [2.75, 3.05) is 13.1 Å². The molecule has 4 heteroatoms. The Morgan fingerprint density at radius 1 is 0.818 bits per heavy atom. The van der Waals surface area contributed by atoms with Crippen molar-refractivity contribution >= 4 is 5.91 Å². The number of aryl methyl sites for hydroxylation is 1. The zero-order valence-corrected chi connectivity index (χ0v) is 19.7. The van der Waals surface area contributed by atoms with E-state index in [1.54, 1.807) is 0 Å². The van der Waals surface area contributed by atoms with Crippen molar-refractivity contribution in [1.82, 2.24) is 4.90 Å². The van der Waals surface area contributed by atoms with Crippen LogP contribution in [0.5, 0.6) is 11.5 Å². The van der Waals surface area contributed by atoms with E-state index in [-0.39, 0.29) is 5.91 Å². The van der Waals surface area contributed by atoms with Gasteiger partial charge in [-0.1, -0.05) is 74.5 Å². The lowest BCUT2D eigenvalue weighted by Gasteiger charge is -2.30. The van der Waals surface area contributed by atoms with Crippen molar-refractivity contribution in [3.05, 3.63) is 94.5 Å². The fourth-order valence-electron chi connectivity index (χ4n) is 4.28. The Hall–Kier alpha value is -3.27. The van der Waals surface area contributed by atoms with Crippen LogP contribution in [0.3, 0.4) is 0 Å². The van der Waals surface area contributed by atoms with Crippen LogP contribution >= 0.6 is 0 Å². The Morgan fingerprint density at radius 2 is 1.39 bits per heavy atom. The summed E-state index contributed by atoms with van der Waals surface area (Å²) in [4.78, 5) is 15.7. The molecule has 0 radical (unpaired) electrons. The molecule has 0 atom stereocenters. The van der Waals surface area contributed by atoms with E-state index in [2.05, 4.69) is 19.9 Å². The fourth-order valence-corrected chi connectivity index (χ4v) is 4.28. The van der Waals surface area contributed by atoms with Crippen molar-refractivity contribution in [1.29, 1.82) is 0 Å². The van der Waals surface area contributed by atoms with Crippen LogP contribution in [0, 0.1) is 0 Å². The third-order valence-corrected chi connectivity index (χ3v) is 6.04. The van der Waals surface area contributed by atoms with Crippen LogP contribution in [-0.2, 0) is 26.1 Å². The summed E-state index contributed by atoms with van der Waals surface area (Å²) < 4.78 is 12.6. The van der Waals surface area contributed by atoms with E-state index in [9.17, 15) is 4.79 Å². The van der Waals surface area contributed by atoms with Crippen molar-refractivity contribution in [2.45, 2.75) is 52.7 Å². The van der Waals surface area contributed by atoms with Gasteiger partial charge in [0.25, 0.3) is 5.91 Å². The van der Waals surface area contributed by atoms with Gasteiger partial charge in [0.1, 0.15) is 13.2 Å². The predicted octanol–water partition coefficient (Wildman–Crippen LogP) is 6.21. The fraction of sp³-hybridized carbons (Fsp3) is 0.345. The van der Waals surface area contributed by atoms with Crippen LogP contribution in [0.2, 0.25) is 0 Å². The van der Waals surface area contributed by atoms with E-state index in [0.717, 1.165) is 55.5 Å². The van der Waals surface area contributed by atoms with Crippen molar-refractivity contribution in [2.24, 2.45) is 0 Å². The number of ether oxygens (including phenoxy) is 2. The number of amides is 1. The first-order valence-corrected chi connectivity index (χ1v) is 12.0. The van der Waals surface area contributed by atoms with Crippen LogP contribution in [0.15, 0.2) is 66.7 Å². The molecule has 1 aliphatic rings. The van der Waals surface area contributed by atoms with Gasteiger partial charge in [0.05, 0.1) is 5.56 Å². The van der Waals surface area contributed by atoms with Crippen LogP contribution in [-0.4, -0.2) is 23.9 Å². The minimum absolute atomic E-state index is 0.0582. The third-order valence-electron chi connectivity index (χ3n) is 6.04. The van der Waals surface area contributed by atoms with Crippen LogP contribution in [0.4, 0.5) is 0 Å². The second-order valence-electron chi connectivity index (χ2n) is 8.56. The molecule has 4 nitrogen and oxygen atoms in total. The number of fused-ring (bicyclic) bond motifs is 1. The van der Waals surface area contributed by atoms with Crippen LogP contribution < -0.4 is 9.47 Å². The molecular weight excluding hydrogens is 410 g/mol. The molecule has 1 aliphatic carbocycles. The Morgan fingerprint density at radius 3 is 1.91 bits per heavy atom. The largest absolute Gasteiger partial charge is 0.485 e. The number of benzene rings is 3. The van der Waals surface area contributed by atoms with Gasteiger partial charge in [-0.05, 0) is 54.0 Å². The van der Waals surface area contributed by atoms with E-state index in [1.807, 2.05) is 65.6 Å². The summed E-state index contributed by atoms with van der Waals surface area (Å²) in [6.07, 6.45) is 3.73. The minimum atomic E-state index is 0.0582. The first-order valence-electron chi connectivity index (χ1n) is 12.0. The number of nitrogens with zero attached hydrogens (tertiary/aromatic N) is 1. The molecule has 0 aliphatic heterocycles. The molecule has 0 heterocycles. The average molecular weight is 444 g/mol. The van der Waals surface area contributed by atoms with Crippen molar-refractivity contribution in [3.63, 3.8) is 0 Å². The molecule has 0 unspecified atom stereocenters. The predicted molar refractivity (Wildman–Crippen MR) is 132 cm³/mol. The number of carbonyl (C=O) groups is 1. The van der Waals surface area contributed by atoms with Gasteiger partial charge >= 0.3 is 0 Å². The topological polar surface area (TPSA) is 38.8 Å². The lowest BCUT2D eigenvalue weighted by molar-refractivity contribution is 0.0747. The van der Waals surface area contributed by atoms with E-state index >= 15 is 0 Å². The van der Waals surface area contributed by atoms with Gasteiger partial charge in [-0.2, -0.15) is 0 Å². The Kier molecular flexibility index (Phi) is 7.66. The summed E-state index contributed by atoms with van der Waals surface area (Å²) in [6, 6.07) is 22.2. The summed E-state index contributed by atoms with van der Waals surface area (Å²) in [6.45, 7) is 6.54. The van der Waals surface area contributed by atoms with E-state index < -0.39 is 0 Å². The van der Waals surface area contributed by atoms with Gasteiger partial charge < -0.3 is 14.4 Å². The first-order chi connectivity index (χ1) is 16.2. The smallest absolute Gasteiger partial charge is 0.258 e. The zero-order chi connectivity index (χ0) is 23.0. The average Bonchev–Trinajstić information content (AvgIpc) is 2.83. The number of rotatable bonds is 11. The number of hydrogen-bond acceptors (Lipinski definition) is 3. The third kappa shape index (κ3) is 5.39. The molecular formula is C29H33NO3. The molecule has 3 aromatic carbocycles. The van der Waals surface area contributed by atoms with E-state index in [1.165, 1.54) is 5.56 Å². The highest BCUT2D eigenvalue weighted by molar-refractivity contribution is 6.00. The molecule has 0 saturated heterocycles. The molecule has 4 rings (SSSR count). The highest BCUT2D eigenvalue weighted by atomic mass is 16.5. The van der Waals surface area contributed by atoms with E-state index in [4.69, 9.17) is 9.47 Å². The van der Waals surface area contributed by atoms with Gasteiger partial charge in [-0.25, -0.2) is 0 Å². The van der Waals surface area contributed by atoms with Gasteiger partial charge in [-0.3, -0.25) is 4.79 Å². The summed E-state index contributed by atoms with van der Waals surface area (Å²) in [5.41, 5.74) is 5.15. The zero-order valence-electron chi connectivity index (χ0n) is 19.7. The lowest BCUT2D eigenvalue weighted by Crippen LogP contribution is -2.34. The molecule has 1 amide bonds. The lowest BCUT2D eigenvalue weighted by atomic mass is 9.83. The number of carbonyl (C=O) groups excluding carboxylic acids is 1. The maximum absolute atomic E-state index is 13.8. The molecule has 0 fully saturated rings. The summed E-state index contributed by atoms with van der Waals surface area (Å²) in [5, 5.41) is 0. The van der Waals surface area contributed by atoms with Gasteiger partial charge in [0.2, 0.25) is 0 Å². The van der Waals surface area contributed by atoms with Crippen molar-refractivity contribution < 1.29 is 14.3 Å². The quantitative estimate of drug-likeness (QED) is 0.354. The van der Waals surface area contributed by atoms with E-state index in [0.29, 0.717) is 30.3 Å². The maximum Gasteiger partial charge on any atom is 0.258 e. The molecule has 0 spiro atoms. The molecule has 172 valence electrons. The van der Waals surface area contributed by atoms with Crippen LogP contribution in [0.1, 0.15) is 59.3 Å². The summed E-state index contributed by atoms with van der Waals surface area (Å²) in [7, 11) is 0. The van der Waals surface area contributed by atoms with Gasteiger partial charge in [-0.15, -0.1) is 0 Å². The second kappa shape index (κ2) is 11.0.